The molecular formula is C86H92. The van der Waals surface area contributed by atoms with Gasteiger partial charge < -0.3 is 0 Å². The molecule has 0 spiro atoms. The second-order valence-electron chi connectivity index (χ2n) is 25.9. The van der Waals surface area contributed by atoms with Gasteiger partial charge in [0.15, 0.2) is 0 Å². The van der Waals surface area contributed by atoms with E-state index in [9.17, 15) is 0 Å². The van der Waals surface area contributed by atoms with Gasteiger partial charge in [-0.15, -0.1) is 0 Å². The van der Waals surface area contributed by atoms with E-state index in [1.165, 1.54) is 104 Å². The quantitative estimate of drug-likeness (QED) is 0.126. The Morgan fingerprint density at radius 1 is 0.186 bits per heavy atom. The highest BCUT2D eigenvalue weighted by Gasteiger charge is 2.09. The molecule has 0 fully saturated rings. The molecule has 436 valence electrons. The van der Waals surface area contributed by atoms with Crippen LogP contribution in [0.5, 0.6) is 0 Å². The molecule has 0 aliphatic carbocycles. The van der Waals surface area contributed by atoms with Gasteiger partial charge in [-0.3, -0.25) is 0 Å². The highest BCUT2D eigenvalue weighted by molar-refractivity contribution is 5.92. The molecule has 0 atom stereocenters. The molecule has 0 aliphatic heterocycles. The van der Waals surface area contributed by atoms with E-state index in [1.54, 1.807) is 0 Å². The predicted molar refractivity (Wildman–Crippen MR) is 379 cm³/mol. The third-order valence-corrected chi connectivity index (χ3v) is 16.4. The largest absolute Gasteiger partial charge is 0.0951 e. The molecule has 0 saturated heterocycles. The molecule has 0 N–H and O–H groups in total. The summed E-state index contributed by atoms with van der Waals surface area (Å²) in [5.41, 5.74) is 18.1. The number of benzene rings is 11. The molecule has 0 bridgehead atoms. The van der Waals surface area contributed by atoms with Crippen LogP contribution >= 0.6 is 0 Å². The van der Waals surface area contributed by atoms with Gasteiger partial charge in [0, 0.05) is 22.6 Å². The summed E-state index contributed by atoms with van der Waals surface area (Å²) in [4.78, 5) is 0. The maximum Gasteiger partial charge on any atom is 0.0251 e. The Hall–Kier alpha value is -8.42. The Morgan fingerprint density at radius 2 is 0.407 bits per heavy atom. The van der Waals surface area contributed by atoms with Crippen LogP contribution in [0.15, 0.2) is 218 Å². The van der Waals surface area contributed by atoms with Gasteiger partial charge in [-0.1, -0.05) is 298 Å². The van der Waals surface area contributed by atoms with Crippen molar-refractivity contribution < 1.29 is 0 Å². The van der Waals surface area contributed by atoms with Gasteiger partial charge in [-0.25, -0.2) is 0 Å². The Balaban J connectivity index is 0.000000150. The maximum atomic E-state index is 3.23. The van der Waals surface area contributed by atoms with Crippen molar-refractivity contribution in [1.82, 2.24) is 0 Å². The molecule has 86 heavy (non-hydrogen) atoms. The molecule has 0 heteroatoms. The van der Waals surface area contributed by atoms with Crippen LogP contribution in [0.2, 0.25) is 0 Å². The average Bonchev–Trinajstić information content (AvgIpc) is 3.68. The summed E-state index contributed by atoms with van der Waals surface area (Å²) >= 11 is 0. The van der Waals surface area contributed by atoms with E-state index in [0.717, 1.165) is 16.7 Å². The zero-order chi connectivity index (χ0) is 61.6. The van der Waals surface area contributed by atoms with E-state index in [2.05, 4.69) is 353 Å². The molecule has 0 unspecified atom stereocenters. The lowest BCUT2D eigenvalue weighted by molar-refractivity contribution is 0.866. The minimum Gasteiger partial charge on any atom is -0.0951 e. The standard InChI is InChI=1S/C26H26.C22H24.C20H22.C18H20/c1-17(2)19-5-7-23-15-25(11-9-21(23)13-19)26-12-10-22-14-20(18(3)4)6-8-24(22)16-26;1-15(2)17-5-7-18(8-6-17)20-11-12-21-13-19(16(3)4)9-10-22(21)14-20;1-15(2)19-11-7-17(8-12-19)5-6-18-9-13-20(14-10-18)16(3)4;1-13(2)5-6-15-7-8-18-12-16(14(3)4)9-10-17(18)11-15/h5-18H,1-4H3;5-16H,1-4H3;7-16H,1-4H3;7-14H,1-4H3. The summed E-state index contributed by atoms with van der Waals surface area (Å²) in [6.45, 7) is 35.4. The molecule has 0 aliphatic rings. The Kier molecular flexibility index (Phi) is 21.9. The van der Waals surface area contributed by atoms with Crippen molar-refractivity contribution in [3.8, 4) is 45.9 Å². The molecule has 11 aromatic carbocycles. The fourth-order valence-electron chi connectivity index (χ4n) is 10.4. The van der Waals surface area contributed by atoms with Crippen LogP contribution in [0.1, 0.15) is 208 Å². The van der Waals surface area contributed by atoms with Crippen molar-refractivity contribution in [2.45, 2.75) is 152 Å². The summed E-state index contributed by atoms with van der Waals surface area (Å²) in [7, 11) is 0. The third-order valence-electron chi connectivity index (χ3n) is 16.4. The third kappa shape index (κ3) is 17.4. The van der Waals surface area contributed by atoms with Gasteiger partial charge in [0.05, 0.1) is 0 Å². The van der Waals surface area contributed by atoms with Crippen LogP contribution < -0.4 is 0 Å². The van der Waals surface area contributed by atoms with Gasteiger partial charge in [0.2, 0.25) is 0 Å². The smallest absolute Gasteiger partial charge is 0.0251 e. The topological polar surface area (TPSA) is 0 Å². The molecule has 0 radical (unpaired) electrons. The maximum absolute atomic E-state index is 3.23. The van der Waals surface area contributed by atoms with E-state index < -0.39 is 0 Å². The van der Waals surface area contributed by atoms with Crippen LogP contribution in [0, 0.1) is 29.6 Å². The summed E-state index contributed by atoms with van der Waals surface area (Å²) < 4.78 is 0. The monoisotopic (exact) mass is 1120 g/mol. The summed E-state index contributed by atoms with van der Waals surface area (Å²) in [6, 6.07) is 80.0. The summed E-state index contributed by atoms with van der Waals surface area (Å²) in [5.74, 6) is 17.3. The Bertz CT molecular complexity index is 4010. The molecule has 0 saturated carbocycles. The van der Waals surface area contributed by atoms with Gasteiger partial charge >= 0.3 is 0 Å². The fourth-order valence-corrected chi connectivity index (χ4v) is 10.4. The molecular weight excluding hydrogens is 1030 g/mol. The van der Waals surface area contributed by atoms with E-state index in [-0.39, 0.29) is 0 Å². The zero-order valence-electron chi connectivity index (χ0n) is 54.4. The summed E-state index contributed by atoms with van der Waals surface area (Å²) in [5, 5.41) is 10.5. The second-order valence-corrected chi connectivity index (χ2v) is 25.9. The van der Waals surface area contributed by atoms with E-state index in [1.807, 2.05) is 0 Å². The minimum absolute atomic E-state index is 0.420. The van der Waals surface area contributed by atoms with Crippen molar-refractivity contribution in [3.63, 3.8) is 0 Å². The fraction of sp³-hybridized carbons (Fsp3) is 0.279. The highest BCUT2D eigenvalue weighted by Crippen LogP contribution is 2.32. The normalized spacial score (nSPS) is 11.2. The predicted octanol–water partition coefficient (Wildman–Crippen LogP) is 25.0. The number of rotatable bonds is 9. The highest BCUT2D eigenvalue weighted by atomic mass is 14.1. The molecule has 0 heterocycles. The van der Waals surface area contributed by atoms with E-state index in [4.69, 9.17) is 0 Å². The van der Waals surface area contributed by atoms with Crippen LogP contribution in [0.3, 0.4) is 0 Å². The average molecular weight is 1130 g/mol. The number of hydrogen-bond acceptors (Lipinski definition) is 0. The van der Waals surface area contributed by atoms with Crippen LogP contribution in [0.25, 0.3) is 65.3 Å². The number of fused-ring (bicyclic) bond motifs is 4. The lowest BCUT2D eigenvalue weighted by atomic mass is 9.94. The van der Waals surface area contributed by atoms with Crippen molar-refractivity contribution in [2.75, 3.05) is 0 Å². The van der Waals surface area contributed by atoms with Gasteiger partial charge in [-0.2, -0.15) is 0 Å². The van der Waals surface area contributed by atoms with E-state index >= 15 is 0 Å². The van der Waals surface area contributed by atoms with Crippen LogP contribution in [-0.4, -0.2) is 0 Å². The van der Waals surface area contributed by atoms with Crippen molar-refractivity contribution >= 4 is 43.1 Å². The molecule has 0 amide bonds. The van der Waals surface area contributed by atoms with Gasteiger partial charge in [-0.05, 0) is 200 Å². The van der Waals surface area contributed by atoms with Gasteiger partial charge in [0.25, 0.3) is 0 Å². The van der Waals surface area contributed by atoms with Crippen molar-refractivity contribution in [2.24, 2.45) is 5.92 Å². The lowest BCUT2D eigenvalue weighted by Crippen LogP contribution is -1.88. The first kappa shape index (κ1) is 63.6. The number of hydrogen-bond donors (Lipinski definition) is 0. The first-order valence-corrected chi connectivity index (χ1v) is 31.7. The first-order chi connectivity index (χ1) is 41.2. The summed E-state index contributed by atoms with van der Waals surface area (Å²) in [6.07, 6.45) is 0. The Morgan fingerprint density at radius 3 is 0.709 bits per heavy atom. The zero-order valence-corrected chi connectivity index (χ0v) is 54.4. The van der Waals surface area contributed by atoms with Crippen molar-refractivity contribution in [1.29, 1.82) is 0 Å². The van der Waals surface area contributed by atoms with E-state index in [0.29, 0.717) is 47.3 Å². The SMILES string of the molecule is CC(C)C#Cc1ccc2cc(C(C)C)ccc2c1.CC(C)c1ccc(-c2ccc3cc(C(C)C)ccc3c2)cc1.CC(C)c1ccc(C#Cc2ccc(C(C)C)cc2)cc1.CC(C)c1ccc2cc(-c3ccc4cc(C(C)C)ccc4c3)ccc2c1. The van der Waals surface area contributed by atoms with Crippen LogP contribution in [0.4, 0.5) is 0 Å². The molecule has 0 aromatic heterocycles. The molecule has 11 aromatic rings. The molecule has 0 nitrogen and oxygen atoms in total. The first-order valence-electron chi connectivity index (χ1n) is 31.7. The minimum atomic E-state index is 0.420. The Labute approximate surface area is 518 Å². The lowest BCUT2D eigenvalue weighted by Gasteiger charge is -2.10. The van der Waals surface area contributed by atoms with Crippen molar-refractivity contribution in [3.05, 3.63) is 274 Å². The molecule has 11 rings (SSSR count). The van der Waals surface area contributed by atoms with Crippen LogP contribution in [-0.2, 0) is 0 Å². The second kappa shape index (κ2) is 29.6. The van der Waals surface area contributed by atoms with Gasteiger partial charge in [0.1, 0.15) is 0 Å².